The first-order chi connectivity index (χ1) is 12.8. The third kappa shape index (κ3) is 4.78. The number of hydrogen-bond acceptors (Lipinski definition) is 4. The van der Waals surface area contributed by atoms with Gasteiger partial charge in [0.1, 0.15) is 0 Å². The van der Waals surface area contributed by atoms with Gasteiger partial charge in [-0.1, -0.05) is 0 Å². The van der Waals surface area contributed by atoms with Crippen LogP contribution in [0.4, 0.5) is 5.69 Å². The van der Waals surface area contributed by atoms with Gasteiger partial charge in [-0.2, -0.15) is 0 Å². The number of esters is 1. The van der Waals surface area contributed by atoms with Crippen molar-refractivity contribution in [2.45, 2.75) is 17.8 Å². The maximum absolute atomic E-state index is 12.8. The van der Waals surface area contributed by atoms with Gasteiger partial charge in [-0.05, 0) is 0 Å². The van der Waals surface area contributed by atoms with E-state index in [0.29, 0.717) is 6.61 Å². The van der Waals surface area contributed by atoms with Crippen molar-refractivity contribution >= 4 is 31.1 Å². The molecule has 0 aliphatic rings. The van der Waals surface area contributed by atoms with Crippen LogP contribution in [-0.2, 0) is 9.53 Å². The summed E-state index contributed by atoms with van der Waals surface area (Å²) in [6.45, 7) is 2.19. The molecule has 0 fully saturated rings. The van der Waals surface area contributed by atoms with E-state index in [1.165, 1.54) is 0 Å². The molecule has 134 valence electrons. The van der Waals surface area contributed by atoms with Gasteiger partial charge in [0.05, 0.1) is 0 Å². The van der Waals surface area contributed by atoms with Gasteiger partial charge in [0.2, 0.25) is 0 Å². The number of carbonyl (C=O) groups is 1. The number of nitrogens with one attached hydrogen (secondary N) is 1. The van der Waals surface area contributed by atoms with Crippen LogP contribution in [-0.4, -0.2) is 27.5 Å². The Morgan fingerprint density at radius 1 is 1.04 bits per heavy atom. The molecular weight excluding hydrogens is 393 g/mol. The number of furan rings is 1. The van der Waals surface area contributed by atoms with E-state index in [-0.39, 0.29) is 31.8 Å². The summed E-state index contributed by atoms with van der Waals surface area (Å²) in [4.78, 5) is 12.4. The molecule has 3 rings (SSSR count). The third-order valence-corrected chi connectivity index (χ3v) is 6.42. The molecular formula is C21H21NO3Se. The summed E-state index contributed by atoms with van der Waals surface area (Å²) < 4.78 is 12.2. The fraction of sp³-hybridized carbons (Fsp3) is 0.190. The fourth-order valence-corrected chi connectivity index (χ4v) is 4.93. The first-order valence-electron chi connectivity index (χ1n) is 8.51. The monoisotopic (exact) mass is 415 g/mol. The topological polar surface area (TPSA) is 51.5 Å². The van der Waals surface area contributed by atoms with E-state index in [4.69, 9.17) is 9.15 Å². The summed E-state index contributed by atoms with van der Waals surface area (Å²) in [6.07, 6.45) is 1.63. The summed E-state index contributed by atoms with van der Waals surface area (Å²) in [5.74, 6) is 0.519. The summed E-state index contributed by atoms with van der Waals surface area (Å²) in [7, 11) is 0. The quantitative estimate of drug-likeness (QED) is 0.450. The van der Waals surface area contributed by atoms with Crippen molar-refractivity contribution in [3.8, 4) is 0 Å². The maximum atomic E-state index is 12.8. The van der Waals surface area contributed by atoms with Crippen LogP contribution in [0.1, 0.15) is 18.7 Å². The van der Waals surface area contributed by atoms with Crippen LogP contribution in [0, 0.1) is 0 Å². The molecule has 3 aromatic rings. The van der Waals surface area contributed by atoms with Crippen LogP contribution in [0.2, 0.25) is 4.82 Å². The molecule has 0 unspecified atom stereocenters. The molecule has 0 bridgehead atoms. The zero-order chi connectivity index (χ0) is 18.2. The minimum absolute atomic E-state index is 0.118. The van der Waals surface area contributed by atoms with E-state index in [2.05, 4.69) is 5.32 Å². The molecule has 0 saturated heterocycles. The minimum atomic E-state index is -0.351. The van der Waals surface area contributed by atoms with Gasteiger partial charge in [0.25, 0.3) is 0 Å². The van der Waals surface area contributed by atoms with Gasteiger partial charge in [-0.15, -0.1) is 0 Å². The van der Waals surface area contributed by atoms with Crippen molar-refractivity contribution < 1.29 is 13.9 Å². The van der Waals surface area contributed by atoms with Gasteiger partial charge < -0.3 is 0 Å². The van der Waals surface area contributed by atoms with Crippen molar-refractivity contribution in [2.75, 3.05) is 11.9 Å². The van der Waals surface area contributed by atoms with Crippen LogP contribution in [0.25, 0.3) is 0 Å². The van der Waals surface area contributed by atoms with Crippen LogP contribution in [0.5, 0.6) is 0 Å². The van der Waals surface area contributed by atoms with E-state index in [1.807, 2.05) is 79.7 Å². The van der Waals surface area contributed by atoms with Crippen LogP contribution < -0.4 is 9.78 Å². The molecule has 5 heteroatoms. The van der Waals surface area contributed by atoms with E-state index in [1.54, 1.807) is 6.26 Å². The van der Waals surface area contributed by atoms with Crippen LogP contribution >= 0.6 is 0 Å². The fourth-order valence-electron chi connectivity index (χ4n) is 2.60. The average Bonchev–Trinajstić information content (AvgIpc) is 3.21. The normalized spacial score (nSPS) is 13.0. The summed E-state index contributed by atoms with van der Waals surface area (Å²) in [5.41, 5.74) is 0.937. The molecule has 0 radical (unpaired) electrons. The number of ether oxygens (including phenoxy) is 1. The summed E-state index contributed by atoms with van der Waals surface area (Å²) >= 11 is -0.118. The predicted molar refractivity (Wildman–Crippen MR) is 104 cm³/mol. The molecule has 0 amide bonds. The standard InChI is InChI=1S/C21H21NO3Se/c1-2-24-21(23)20(26-17-12-7-4-8-13-17)19(18-14-9-15-25-18)22-16-10-5-3-6-11-16/h3-15,19-20,22H,2H2,1H3/t19-,20+/m0/s1. The number of rotatable bonds is 8. The van der Waals surface area contributed by atoms with E-state index < -0.39 is 0 Å². The Morgan fingerprint density at radius 3 is 2.35 bits per heavy atom. The number of hydrogen-bond donors (Lipinski definition) is 1. The molecule has 2 aromatic carbocycles. The first kappa shape index (κ1) is 18.3. The van der Waals surface area contributed by atoms with Crippen molar-refractivity contribution in [3.63, 3.8) is 0 Å². The molecule has 0 saturated carbocycles. The molecule has 1 N–H and O–H groups in total. The first-order valence-corrected chi connectivity index (χ1v) is 10.4. The Bertz CT molecular complexity index is 791. The summed E-state index contributed by atoms with van der Waals surface area (Å²) in [5, 5.41) is 3.46. The Kier molecular flexibility index (Phi) is 6.53. The van der Waals surface area contributed by atoms with E-state index in [0.717, 1.165) is 15.9 Å². The van der Waals surface area contributed by atoms with Gasteiger partial charge in [0.15, 0.2) is 0 Å². The number of para-hydroxylation sites is 1. The molecule has 1 heterocycles. The number of anilines is 1. The molecule has 2 atom stereocenters. The van der Waals surface area contributed by atoms with Gasteiger partial charge in [-0.3, -0.25) is 0 Å². The Balaban J connectivity index is 1.93. The van der Waals surface area contributed by atoms with Gasteiger partial charge in [0, 0.05) is 0 Å². The van der Waals surface area contributed by atoms with E-state index in [9.17, 15) is 4.79 Å². The Morgan fingerprint density at radius 2 is 1.73 bits per heavy atom. The van der Waals surface area contributed by atoms with Crippen molar-refractivity contribution in [2.24, 2.45) is 0 Å². The summed E-state index contributed by atoms with van der Waals surface area (Å²) in [6, 6.07) is 23.3. The van der Waals surface area contributed by atoms with Gasteiger partial charge >= 0.3 is 160 Å². The second kappa shape index (κ2) is 9.27. The molecule has 4 nitrogen and oxygen atoms in total. The second-order valence-corrected chi connectivity index (χ2v) is 8.16. The van der Waals surface area contributed by atoms with E-state index >= 15 is 0 Å². The number of carbonyl (C=O) groups excluding carboxylic acids is 1. The zero-order valence-corrected chi connectivity index (χ0v) is 16.2. The van der Waals surface area contributed by atoms with Crippen molar-refractivity contribution in [3.05, 3.63) is 84.8 Å². The number of benzene rings is 2. The molecule has 0 spiro atoms. The Hall–Kier alpha value is -2.49. The molecule has 0 aliphatic carbocycles. The van der Waals surface area contributed by atoms with Crippen LogP contribution in [0.15, 0.2) is 83.5 Å². The SMILES string of the molecule is CCOC(=O)[C@H]([Se]c1ccccc1)[C@@H](Nc1ccccc1)c1ccco1. The molecule has 0 aliphatic heterocycles. The molecule has 1 aromatic heterocycles. The van der Waals surface area contributed by atoms with Crippen molar-refractivity contribution in [1.29, 1.82) is 0 Å². The predicted octanol–water partition coefficient (Wildman–Crippen LogP) is 3.81. The second-order valence-electron chi connectivity index (χ2n) is 5.61. The zero-order valence-electron chi connectivity index (χ0n) is 14.5. The Labute approximate surface area is 159 Å². The van der Waals surface area contributed by atoms with Gasteiger partial charge in [-0.25, -0.2) is 0 Å². The molecule has 26 heavy (non-hydrogen) atoms. The average molecular weight is 414 g/mol. The third-order valence-electron chi connectivity index (χ3n) is 3.77. The van der Waals surface area contributed by atoms with Crippen molar-refractivity contribution in [1.82, 2.24) is 0 Å². The van der Waals surface area contributed by atoms with Crippen LogP contribution in [0.3, 0.4) is 0 Å².